The van der Waals surface area contributed by atoms with Gasteiger partial charge in [0.05, 0.1) is 0 Å². The molecule has 2 aliphatic rings. The minimum atomic E-state index is 0.602. The third kappa shape index (κ3) is 5.23. The van der Waals surface area contributed by atoms with Crippen LogP contribution in [0.3, 0.4) is 0 Å². The molecule has 0 spiro atoms. The summed E-state index contributed by atoms with van der Waals surface area (Å²) in [6.45, 7) is 5.98. The quantitative estimate of drug-likeness (QED) is 0.830. The van der Waals surface area contributed by atoms with Crippen molar-refractivity contribution < 1.29 is 0 Å². The van der Waals surface area contributed by atoms with Crippen molar-refractivity contribution >= 4 is 11.5 Å². The average Bonchev–Trinajstić information content (AvgIpc) is 2.75. The fourth-order valence-corrected chi connectivity index (χ4v) is 4.49. The van der Waals surface area contributed by atoms with E-state index in [0.717, 1.165) is 24.8 Å². The number of hydrogen-bond donors (Lipinski definition) is 1. The number of para-hydroxylation sites is 1. The lowest BCUT2D eigenvalue weighted by atomic mass is 9.84. The van der Waals surface area contributed by atoms with Gasteiger partial charge in [0.25, 0.3) is 0 Å². The molecule has 1 aliphatic heterocycles. The van der Waals surface area contributed by atoms with Crippen LogP contribution in [0.25, 0.3) is 0 Å². The first-order valence-corrected chi connectivity index (χ1v) is 10.6. The molecule has 0 amide bonds. The molecule has 0 atom stereocenters. The largest absolute Gasteiger partial charge is 0.369 e. The van der Waals surface area contributed by atoms with E-state index in [0.29, 0.717) is 6.04 Å². The van der Waals surface area contributed by atoms with Crippen LogP contribution in [-0.4, -0.2) is 48.6 Å². The van der Waals surface area contributed by atoms with Crippen LogP contribution in [-0.2, 0) is 0 Å². The van der Waals surface area contributed by atoms with Gasteiger partial charge in [0.15, 0.2) is 0 Å². The zero-order valence-electron chi connectivity index (χ0n) is 16.3. The number of aromatic nitrogens is 1. The van der Waals surface area contributed by atoms with Gasteiger partial charge in [0.2, 0.25) is 0 Å². The molecule has 1 aromatic heterocycles. The van der Waals surface area contributed by atoms with Crippen molar-refractivity contribution in [3.63, 3.8) is 0 Å². The van der Waals surface area contributed by atoms with E-state index in [9.17, 15) is 0 Å². The van der Waals surface area contributed by atoms with Gasteiger partial charge in [-0.3, -0.25) is 4.90 Å². The molecule has 0 bridgehead atoms. The van der Waals surface area contributed by atoms with E-state index < -0.39 is 0 Å². The second-order valence-electron chi connectivity index (χ2n) is 8.03. The van der Waals surface area contributed by atoms with E-state index in [4.69, 9.17) is 0 Å². The smallest absolute Gasteiger partial charge is 0.126 e. The molecule has 144 valence electrons. The second kappa shape index (κ2) is 9.23. The van der Waals surface area contributed by atoms with Crippen LogP contribution in [0.15, 0.2) is 54.7 Å². The lowest BCUT2D eigenvalue weighted by Crippen LogP contribution is -2.47. The van der Waals surface area contributed by atoms with Crippen molar-refractivity contribution in [2.24, 2.45) is 5.92 Å². The first kappa shape index (κ1) is 18.3. The number of nitrogens with zero attached hydrogens (tertiary/aromatic N) is 3. The molecule has 1 N–H and O–H groups in total. The van der Waals surface area contributed by atoms with Crippen molar-refractivity contribution in [3.05, 3.63) is 54.7 Å². The Morgan fingerprint density at radius 1 is 0.852 bits per heavy atom. The molecule has 4 rings (SSSR count). The van der Waals surface area contributed by atoms with E-state index in [-0.39, 0.29) is 0 Å². The van der Waals surface area contributed by atoms with Gasteiger partial charge in [0, 0.05) is 44.1 Å². The third-order valence-electron chi connectivity index (χ3n) is 6.21. The van der Waals surface area contributed by atoms with Gasteiger partial charge in [-0.1, -0.05) is 24.3 Å². The van der Waals surface area contributed by atoms with Crippen LogP contribution in [0.4, 0.5) is 11.5 Å². The maximum Gasteiger partial charge on any atom is 0.126 e. The zero-order valence-corrected chi connectivity index (χ0v) is 16.3. The van der Waals surface area contributed by atoms with Crippen LogP contribution >= 0.6 is 0 Å². The SMILES string of the molecule is c1ccc(N2CCN(CC[C@H]3CC[C@H](Nc4ccccn4)CC3)CC2)cc1. The minimum absolute atomic E-state index is 0.602. The van der Waals surface area contributed by atoms with Gasteiger partial charge in [-0.2, -0.15) is 0 Å². The summed E-state index contributed by atoms with van der Waals surface area (Å²) in [7, 11) is 0. The molecule has 0 unspecified atom stereocenters. The fourth-order valence-electron chi connectivity index (χ4n) is 4.49. The van der Waals surface area contributed by atoms with Crippen molar-refractivity contribution in [2.75, 3.05) is 42.9 Å². The fraction of sp³-hybridized carbons (Fsp3) is 0.522. The lowest BCUT2D eigenvalue weighted by Gasteiger charge is -2.37. The molecule has 4 heteroatoms. The summed E-state index contributed by atoms with van der Waals surface area (Å²) < 4.78 is 0. The van der Waals surface area contributed by atoms with Crippen LogP contribution in [0.2, 0.25) is 0 Å². The molecule has 1 aromatic carbocycles. The van der Waals surface area contributed by atoms with Crippen molar-refractivity contribution in [1.29, 1.82) is 0 Å². The molecular weight excluding hydrogens is 332 g/mol. The molecule has 1 saturated carbocycles. The maximum absolute atomic E-state index is 4.40. The van der Waals surface area contributed by atoms with E-state index in [1.54, 1.807) is 0 Å². The maximum atomic E-state index is 4.40. The van der Waals surface area contributed by atoms with Crippen LogP contribution < -0.4 is 10.2 Å². The summed E-state index contributed by atoms with van der Waals surface area (Å²) in [5.41, 5.74) is 1.37. The summed E-state index contributed by atoms with van der Waals surface area (Å²) >= 11 is 0. The Balaban J connectivity index is 1.14. The summed E-state index contributed by atoms with van der Waals surface area (Å²) in [5.74, 6) is 1.93. The normalized spacial score (nSPS) is 23.9. The highest BCUT2D eigenvalue weighted by molar-refractivity contribution is 5.46. The molecule has 27 heavy (non-hydrogen) atoms. The first-order valence-electron chi connectivity index (χ1n) is 10.6. The Kier molecular flexibility index (Phi) is 6.25. The van der Waals surface area contributed by atoms with Crippen molar-refractivity contribution in [3.8, 4) is 0 Å². The minimum Gasteiger partial charge on any atom is -0.369 e. The molecule has 2 fully saturated rings. The molecule has 2 heterocycles. The molecular formula is C23H32N4. The number of hydrogen-bond acceptors (Lipinski definition) is 4. The van der Waals surface area contributed by atoms with Gasteiger partial charge < -0.3 is 10.2 Å². The van der Waals surface area contributed by atoms with E-state index in [1.165, 1.54) is 57.4 Å². The van der Waals surface area contributed by atoms with E-state index in [1.807, 2.05) is 12.3 Å². The summed E-state index contributed by atoms with van der Waals surface area (Å²) in [5, 5.41) is 3.60. The predicted molar refractivity (Wildman–Crippen MR) is 113 cm³/mol. The summed E-state index contributed by atoms with van der Waals surface area (Å²) in [6, 6.07) is 17.5. The van der Waals surface area contributed by atoms with Crippen molar-refractivity contribution in [1.82, 2.24) is 9.88 Å². The van der Waals surface area contributed by atoms with E-state index in [2.05, 4.69) is 62.6 Å². The number of pyridine rings is 1. The highest BCUT2D eigenvalue weighted by atomic mass is 15.3. The Hall–Kier alpha value is -2.07. The summed E-state index contributed by atoms with van der Waals surface area (Å²) in [4.78, 5) is 9.58. The van der Waals surface area contributed by atoms with Crippen LogP contribution in [0.5, 0.6) is 0 Å². The molecule has 1 aliphatic carbocycles. The van der Waals surface area contributed by atoms with Gasteiger partial charge in [-0.15, -0.1) is 0 Å². The third-order valence-corrected chi connectivity index (χ3v) is 6.21. The van der Waals surface area contributed by atoms with Gasteiger partial charge in [0.1, 0.15) is 5.82 Å². The second-order valence-corrected chi connectivity index (χ2v) is 8.03. The highest BCUT2D eigenvalue weighted by Crippen LogP contribution is 2.29. The number of piperazine rings is 1. The van der Waals surface area contributed by atoms with E-state index >= 15 is 0 Å². The topological polar surface area (TPSA) is 31.4 Å². The van der Waals surface area contributed by atoms with Gasteiger partial charge in [-0.25, -0.2) is 4.98 Å². The Bertz CT molecular complexity index is 659. The lowest BCUT2D eigenvalue weighted by molar-refractivity contribution is 0.218. The number of anilines is 2. The monoisotopic (exact) mass is 364 g/mol. The first-order chi connectivity index (χ1) is 13.4. The number of rotatable bonds is 6. The van der Waals surface area contributed by atoms with Gasteiger partial charge >= 0.3 is 0 Å². The molecule has 4 nitrogen and oxygen atoms in total. The van der Waals surface area contributed by atoms with Gasteiger partial charge in [-0.05, 0) is 68.8 Å². The standard InChI is InChI=1S/C23H32N4/c1-2-6-22(7-3-1)27-18-16-26(17-19-27)15-13-20-9-11-21(12-10-20)25-23-8-4-5-14-24-23/h1-8,14,20-21H,9-13,15-19H2,(H,24,25)/t20-,21-. The zero-order chi connectivity index (χ0) is 18.3. The molecule has 1 saturated heterocycles. The highest BCUT2D eigenvalue weighted by Gasteiger charge is 2.23. The Morgan fingerprint density at radius 3 is 2.30 bits per heavy atom. The summed E-state index contributed by atoms with van der Waals surface area (Å²) in [6.07, 6.45) is 8.50. The predicted octanol–water partition coefficient (Wildman–Crippen LogP) is 4.26. The Labute approximate surface area is 163 Å². The Morgan fingerprint density at radius 2 is 1.59 bits per heavy atom. The van der Waals surface area contributed by atoms with Crippen LogP contribution in [0.1, 0.15) is 32.1 Å². The van der Waals surface area contributed by atoms with Crippen LogP contribution in [0, 0.1) is 5.92 Å². The van der Waals surface area contributed by atoms with Crippen molar-refractivity contribution in [2.45, 2.75) is 38.1 Å². The average molecular weight is 365 g/mol. The number of benzene rings is 1. The molecule has 2 aromatic rings. The molecule has 0 radical (unpaired) electrons. The number of nitrogens with one attached hydrogen (secondary N) is 1.